The van der Waals surface area contributed by atoms with E-state index in [0.29, 0.717) is 0 Å². The van der Waals surface area contributed by atoms with Crippen LogP contribution in [0.15, 0.2) is 109 Å². The Morgan fingerprint density at radius 1 is 0.528 bits per heavy atom. The molecule has 1 aliphatic rings. The highest BCUT2D eigenvalue weighted by atomic mass is 15.3. The van der Waals surface area contributed by atoms with Gasteiger partial charge in [0.1, 0.15) is 0 Å². The Hall–Kier alpha value is -3.84. The van der Waals surface area contributed by atoms with Crippen molar-refractivity contribution >= 4 is 16.5 Å². The summed E-state index contributed by atoms with van der Waals surface area (Å²) in [5.74, 6) is 0. The van der Waals surface area contributed by atoms with Crippen molar-refractivity contribution in [1.82, 2.24) is 0 Å². The largest absolute Gasteiger partial charge is 0.352 e. The van der Waals surface area contributed by atoms with Gasteiger partial charge in [0.15, 0.2) is 0 Å². The Kier molecular flexibility index (Phi) is 5.09. The molecule has 0 unspecified atom stereocenters. The number of anilines is 1. The zero-order valence-electron chi connectivity index (χ0n) is 21.8. The minimum atomic E-state index is -0.240. The van der Waals surface area contributed by atoms with E-state index in [4.69, 9.17) is 0 Å². The lowest BCUT2D eigenvalue weighted by Crippen LogP contribution is -2.56. The monoisotopic (exact) mass is 467 g/mol. The lowest BCUT2D eigenvalue weighted by atomic mass is 9.71. The molecule has 0 saturated heterocycles. The van der Waals surface area contributed by atoms with Crippen LogP contribution in [0, 0.1) is 6.92 Å². The summed E-state index contributed by atoms with van der Waals surface area (Å²) in [5, 5.41) is 2.75. The number of aryl methyl sites for hydroxylation is 1. The molecule has 1 heterocycles. The predicted octanol–water partition coefficient (Wildman–Crippen LogP) is 9.47. The van der Waals surface area contributed by atoms with E-state index in [1.807, 2.05) is 0 Å². The van der Waals surface area contributed by atoms with Crippen LogP contribution in [0.3, 0.4) is 0 Å². The van der Waals surface area contributed by atoms with Crippen molar-refractivity contribution in [2.75, 3.05) is 4.90 Å². The molecule has 5 aromatic rings. The van der Waals surface area contributed by atoms with Gasteiger partial charge in [0.25, 0.3) is 0 Å². The molecule has 178 valence electrons. The van der Waals surface area contributed by atoms with Crippen molar-refractivity contribution in [3.8, 4) is 22.3 Å². The molecule has 0 amide bonds. The van der Waals surface area contributed by atoms with Crippen LogP contribution >= 0.6 is 0 Å². The van der Waals surface area contributed by atoms with Crippen LogP contribution in [0.25, 0.3) is 33.0 Å². The first-order valence-corrected chi connectivity index (χ1v) is 12.9. The van der Waals surface area contributed by atoms with Crippen molar-refractivity contribution in [1.29, 1.82) is 0 Å². The van der Waals surface area contributed by atoms with Crippen LogP contribution in [0.4, 0.5) is 5.69 Å². The van der Waals surface area contributed by atoms with E-state index in [-0.39, 0.29) is 11.1 Å². The fourth-order valence-electron chi connectivity index (χ4n) is 6.76. The van der Waals surface area contributed by atoms with E-state index in [2.05, 4.69) is 149 Å². The summed E-state index contributed by atoms with van der Waals surface area (Å²) in [6, 6.07) is 39.9. The Morgan fingerprint density at radius 3 is 1.67 bits per heavy atom. The lowest BCUT2D eigenvalue weighted by Gasteiger charge is -2.56. The summed E-state index contributed by atoms with van der Waals surface area (Å²) in [5.41, 5.74) is 9.99. The Bertz CT molecular complexity index is 1520. The molecule has 0 radical (unpaired) electrons. The summed E-state index contributed by atoms with van der Waals surface area (Å²) < 4.78 is 0. The van der Waals surface area contributed by atoms with Crippen LogP contribution in [0.1, 0.15) is 44.4 Å². The van der Waals surface area contributed by atoms with Gasteiger partial charge in [-0.25, -0.2) is 0 Å². The number of nitrogens with zero attached hydrogens (tertiary/aromatic N) is 1. The van der Waals surface area contributed by atoms with Gasteiger partial charge in [0.05, 0.1) is 16.8 Å². The van der Waals surface area contributed by atoms with E-state index in [1.165, 1.54) is 55.4 Å². The van der Waals surface area contributed by atoms with E-state index in [9.17, 15) is 0 Å². The highest BCUT2D eigenvalue weighted by molar-refractivity contribution is 5.98. The lowest BCUT2D eigenvalue weighted by molar-refractivity contribution is 0.342. The maximum absolute atomic E-state index is 2.70. The molecule has 1 aliphatic heterocycles. The van der Waals surface area contributed by atoms with Crippen molar-refractivity contribution in [2.45, 2.75) is 45.7 Å². The summed E-state index contributed by atoms with van der Waals surface area (Å²) in [7, 11) is 0. The van der Waals surface area contributed by atoms with Gasteiger partial charge in [-0.1, -0.05) is 109 Å². The van der Waals surface area contributed by atoms with E-state index in [0.717, 1.165) is 0 Å². The highest BCUT2D eigenvalue weighted by Gasteiger charge is 2.47. The molecule has 0 atom stereocenters. The van der Waals surface area contributed by atoms with Crippen LogP contribution in [0.5, 0.6) is 0 Å². The molecule has 0 bridgehead atoms. The van der Waals surface area contributed by atoms with Gasteiger partial charge in [-0.2, -0.15) is 0 Å². The second-order valence-corrected chi connectivity index (χ2v) is 11.0. The molecule has 0 aliphatic carbocycles. The fraction of sp³-hybridized carbons (Fsp3) is 0.200. The van der Waals surface area contributed by atoms with Gasteiger partial charge in [-0.3, -0.25) is 0 Å². The quantitative estimate of drug-likeness (QED) is 0.255. The van der Waals surface area contributed by atoms with E-state index in [1.54, 1.807) is 0 Å². The fourth-order valence-corrected chi connectivity index (χ4v) is 6.76. The molecular formula is C35H33N. The van der Waals surface area contributed by atoms with E-state index >= 15 is 0 Å². The second-order valence-electron chi connectivity index (χ2n) is 11.0. The Balaban J connectivity index is 1.75. The first-order valence-electron chi connectivity index (χ1n) is 12.9. The number of hydrogen-bond donors (Lipinski definition) is 0. The average molecular weight is 468 g/mol. The van der Waals surface area contributed by atoms with E-state index < -0.39 is 0 Å². The number of benzene rings is 5. The van der Waals surface area contributed by atoms with Gasteiger partial charge < -0.3 is 4.90 Å². The summed E-state index contributed by atoms with van der Waals surface area (Å²) in [4.78, 5) is 2.70. The van der Waals surface area contributed by atoms with Crippen LogP contribution in [-0.4, -0.2) is 0 Å². The summed E-state index contributed by atoms with van der Waals surface area (Å²) in [6.07, 6.45) is 0. The third-order valence-electron chi connectivity index (χ3n) is 8.07. The van der Waals surface area contributed by atoms with Gasteiger partial charge in [0.2, 0.25) is 0 Å². The first kappa shape index (κ1) is 22.6. The molecule has 36 heavy (non-hydrogen) atoms. The maximum atomic E-state index is 2.70. The van der Waals surface area contributed by atoms with Crippen molar-refractivity contribution in [3.05, 3.63) is 126 Å². The molecule has 6 rings (SSSR count). The smallest absolute Gasteiger partial charge is 0.0615 e. The molecule has 5 aromatic carbocycles. The molecule has 0 aromatic heterocycles. The van der Waals surface area contributed by atoms with Crippen LogP contribution in [-0.2, 0) is 11.1 Å². The van der Waals surface area contributed by atoms with Crippen molar-refractivity contribution in [2.24, 2.45) is 0 Å². The molecule has 0 fully saturated rings. The van der Waals surface area contributed by atoms with Gasteiger partial charge in [-0.15, -0.1) is 0 Å². The van der Waals surface area contributed by atoms with Crippen LogP contribution < -0.4 is 4.90 Å². The third-order valence-corrected chi connectivity index (χ3v) is 8.07. The highest BCUT2D eigenvalue weighted by Crippen LogP contribution is 2.55. The normalized spacial score (nSPS) is 15.8. The minimum Gasteiger partial charge on any atom is -0.352 e. The molecule has 0 saturated carbocycles. The number of rotatable bonds is 3. The van der Waals surface area contributed by atoms with Crippen LogP contribution in [0.2, 0.25) is 0 Å². The molecule has 1 nitrogen and oxygen atoms in total. The zero-order chi connectivity index (χ0) is 25.1. The third kappa shape index (κ3) is 3.23. The second kappa shape index (κ2) is 8.10. The average Bonchev–Trinajstić information content (AvgIpc) is 2.88. The summed E-state index contributed by atoms with van der Waals surface area (Å²) >= 11 is 0. The Labute approximate surface area is 215 Å². The molecular weight excluding hydrogens is 434 g/mol. The number of para-hydroxylation sites is 1. The standard InChI is InChI=1S/C35H33N/c1-24-22-23-27-18-12-21-30-31(27)32(24)35(4,5)36(34(30,2)3)33-28(25-14-8-6-9-15-25)19-13-20-29(33)26-16-10-7-11-17-26/h6-23H,1-5H3. The first-order chi connectivity index (χ1) is 17.3. The molecule has 0 spiro atoms. The minimum absolute atomic E-state index is 0.238. The summed E-state index contributed by atoms with van der Waals surface area (Å²) in [6.45, 7) is 11.9. The van der Waals surface area contributed by atoms with Gasteiger partial charge in [0, 0.05) is 11.1 Å². The topological polar surface area (TPSA) is 3.24 Å². The van der Waals surface area contributed by atoms with Crippen molar-refractivity contribution < 1.29 is 0 Å². The zero-order valence-corrected chi connectivity index (χ0v) is 21.8. The SMILES string of the molecule is Cc1ccc2cccc3c2c1C(C)(C)N(c1c(-c2ccccc2)cccc1-c1ccccc1)C3(C)C. The predicted molar refractivity (Wildman–Crippen MR) is 155 cm³/mol. The van der Waals surface area contributed by atoms with Crippen molar-refractivity contribution in [3.63, 3.8) is 0 Å². The maximum Gasteiger partial charge on any atom is 0.0615 e. The Morgan fingerprint density at radius 2 is 1.08 bits per heavy atom. The molecule has 0 N–H and O–H groups in total. The van der Waals surface area contributed by atoms with Gasteiger partial charge >= 0.3 is 0 Å². The molecule has 1 heteroatoms. The van der Waals surface area contributed by atoms with Gasteiger partial charge in [-0.05, 0) is 73.2 Å². The number of hydrogen-bond acceptors (Lipinski definition) is 1.